The van der Waals surface area contributed by atoms with Gasteiger partial charge in [-0.25, -0.2) is 4.90 Å². The van der Waals surface area contributed by atoms with Crippen LogP contribution in [0.25, 0.3) is 0 Å². The third-order valence-corrected chi connectivity index (χ3v) is 12.6. The highest BCUT2D eigenvalue weighted by molar-refractivity contribution is 6.67. The monoisotopic (exact) mass is 694 g/mol. The molecule has 7 nitrogen and oxygen atoms in total. The first kappa shape index (κ1) is 29.4. The van der Waals surface area contributed by atoms with E-state index in [1.807, 2.05) is 0 Å². The van der Waals surface area contributed by atoms with E-state index in [1.54, 1.807) is 31.2 Å². The van der Waals surface area contributed by atoms with Gasteiger partial charge in [0.15, 0.2) is 4.33 Å². The molecule has 0 aromatic heterocycles. The normalized spacial score (nSPS) is 31.9. The summed E-state index contributed by atoms with van der Waals surface area (Å²) < 4.78 is 3.54. The van der Waals surface area contributed by atoms with Crippen LogP contribution < -0.4 is 14.5 Å². The summed E-state index contributed by atoms with van der Waals surface area (Å²) in [6.45, 7) is 1.79. The van der Waals surface area contributed by atoms with Crippen molar-refractivity contribution in [2.75, 3.05) is 16.3 Å². The summed E-state index contributed by atoms with van der Waals surface area (Å²) in [6.07, 6.45) is -0.0137. The van der Waals surface area contributed by atoms with Gasteiger partial charge in [-0.3, -0.25) is 19.2 Å². The number of fused-ring (bicyclic) bond motifs is 5. The first-order chi connectivity index (χ1) is 19.2. The molecule has 2 saturated heterocycles. The van der Waals surface area contributed by atoms with Crippen LogP contribution in [-0.2, 0) is 19.2 Å². The molecule has 0 radical (unpaired) electrons. The first-order valence-corrected chi connectivity index (χ1v) is 14.9. The summed E-state index contributed by atoms with van der Waals surface area (Å²) in [4.78, 5) is 51.4. The van der Waals surface area contributed by atoms with Crippen LogP contribution in [0.3, 0.4) is 0 Å². The number of esters is 1. The molecule has 4 aliphatic rings. The fourth-order valence-corrected chi connectivity index (χ4v) is 9.17. The van der Waals surface area contributed by atoms with E-state index >= 15 is 0 Å². The number of halogens is 7. The maximum atomic E-state index is 13.7. The Morgan fingerprint density at radius 3 is 1.98 bits per heavy atom. The number of ether oxygens (including phenoxy) is 1. The molecule has 2 aliphatic carbocycles. The van der Waals surface area contributed by atoms with Gasteiger partial charge in [0.2, 0.25) is 17.7 Å². The summed E-state index contributed by atoms with van der Waals surface area (Å²) >= 11 is 45.3. The number of nitrogens with zero attached hydrogens (tertiary/aromatic N) is 2. The largest absolute Gasteiger partial charge is 0.426 e. The number of amides is 3. The Bertz CT molecular complexity index is 1550. The Balaban J connectivity index is 1.21. The van der Waals surface area contributed by atoms with Gasteiger partial charge in [0, 0.05) is 23.7 Å². The number of benzene rings is 2. The molecule has 1 saturated carbocycles. The molecule has 41 heavy (non-hydrogen) atoms. The molecule has 214 valence electrons. The Labute approximate surface area is 269 Å². The minimum Gasteiger partial charge on any atom is -0.426 e. The average molecular weight is 698 g/mol. The van der Waals surface area contributed by atoms with Gasteiger partial charge >= 0.3 is 5.97 Å². The lowest BCUT2D eigenvalue weighted by Gasteiger charge is -2.34. The van der Waals surface area contributed by atoms with Crippen LogP contribution in [0.4, 0.5) is 11.4 Å². The third-order valence-electron chi connectivity index (χ3n) is 8.13. The smallest absolute Gasteiger partial charge is 0.316 e. The highest BCUT2D eigenvalue weighted by Gasteiger charge is 2.87. The van der Waals surface area contributed by atoms with Crippen LogP contribution >= 0.6 is 81.2 Å². The van der Waals surface area contributed by atoms with Crippen LogP contribution in [0.5, 0.6) is 5.75 Å². The molecule has 0 N–H and O–H groups in total. The molecule has 6 rings (SSSR count). The minimum absolute atomic E-state index is 0.0137. The second-order valence-corrected chi connectivity index (χ2v) is 14.1. The number of aryl methyl sites for hydroxylation is 1. The molecule has 3 fully saturated rings. The highest BCUT2D eigenvalue weighted by atomic mass is 35.5. The lowest BCUT2D eigenvalue weighted by molar-refractivity contribution is -0.139. The number of carbonyl (C=O) groups is 4. The van der Waals surface area contributed by atoms with E-state index in [1.165, 1.54) is 23.1 Å². The molecule has 2 aromatic rings. The van der Waals surface area contributed by atoms with E-state index in [0.29, 0.717) is 16.3 Å². The third kappa shape index (κ3) is 3.79. The first-order valence-electron chi connectivity index (χ1n) is 12.2. The van der Waals surface area contributed by atoms with E-state index in [2.05, 4.69) is 0 Å². The van der Waals surface area contributed by atoms with Crippen molar-refractivity contribution in [3.63, 3.8) is 0 Å². The van der Waals surface area contributed by atoms with E-state index in [9.17, 15) is 19.2 Å². The van der Waals surface area contributed by atoms with Crippen molar-refractivity contribution in [3.05, 3.63) is 63.1 Å². The highest BCUT2D eigenvalue weighted by Crippen LogP contribution is 2.77. The van der Waals surface area contributed by atoms with Crippen LogP contribution in [0, 0.1) is 24.7 Å². The van der Waals surface area contributed by atoms with Gasteiger partial charge in [-0.1, -0.05) is 58.0 Å². The Morgan fingerprint density at radius 1 is 0.878 bits per heavy atom. The lowest BCUT2D eigenvalue weighted by atomic mass is 9.84. The van der Waals surface area contributed by atoms with Gasteiger partial charge < -0.3 is 9.64 Å². The number of imide groups is 1. The van der Waals surface area contributed by atoms with Crippen molar-refractivity contribution in [1.82, 2.24) is 0 Å². The number of rotatable bonds is 4. The van der Waals surface area contributed by atoms with Crippen molar-refractivity contribution in [3.8, 4) is 5.75 Å². The van der Waals surface area contributed by atoms with Crippen molar-refractivity contribution < 1.29 is 23.9 Å². The zero-order valence-corrected chi connectivity index (χ0v) is 26.1. The summed E-state index contributed by atoms with van der Waals surface area (Å²) in [5.74, 6) is -5.24. The van der Waals surface area contributed by atoms with Crippen molar-refractivity contribution in [2.45, 2.75) is 27.4 Å². The number of hydrogen-bond acceptors (Lipinski definition) is 5. The molecule has 14 heteroatoms. The zero-order valence-electron chi connectivity index (χ0n) is 20.8. The van der Waals surface area contributed by atoms with Gasteiger partial charge in [0.05, 0.1) is 33.5 Å². The van der Waals surface area contributed by atoms with Crippen molar-refractivity contribution in [2.24, 2.45) is 17.8 Å². The second kappa shape index (κ2) is 9.65. The van der Waals surface area contributed by atoms with Gasteiger partial charge in [-0.05, 0) is 55.0 Å². The fourth-order valence-electron chi connectivity index (χ4n) is 6.11. The molecule has 0 unspecified atom stereocenters. The Morgan fingerprint density at radius 2 is 1.44 bits per heavy atom. The number of allylic oxidation sites excluding steroid dienone is 2. The van der Waals surface area contributed by atoms with E-state index < -0.39 is 49.6 Å². The molecule has 2 aromatic carbocycles. The summed E-state index contributed by atoms with van der Waals surface area (Å²) in [5.41, 5.74) is 1.29. The molecule has 3 amide bonds. The quantitative estimate of drug-likeness (QED) is 0.157. The molecule has 2 bridgehead atoms. The molecule has 2 aliphatic heterocycles. The number of hydrogen-bond donors (Lipinski definition) is 0. The molecular formula is C27H17Cl7N2O5. The van der Waals surface area contributed by atoms with Crippen LogP contribution in [0.1, 0.15) is 12.0 Å². The Kier molecular flexibility index (Phi) is 6.91. The standard InChI is InChI=1S/C27H17Cl7N2O5/c1-11-8-15(41-24(40)12-9-17(37)35(10-12)14-4-2-13(28)3-5-14)6-7-16(11)36-22(38)18-19(23(36)39)26(32)21(30)20(29)25(18,31)27(26,33)34/h2-8,12,18-19H,9-10H2,1H3/t12-,18-,19-,25-,26-/m1/s1. The molecule has 5 atom stereocenters. The fraction of sp³-hybridized carbons (Fsp3) is 0.333. The lowest BCUT2D eigenvalue weighted by Crippen LogP contribution is -2.50. The predicted molar refractivity (Wildman–Crippen MR) is 159 cm³/mol. The summed E-state index contributed by atoms with van der Waals surface area (Å²) in [6, 6.07) is 11.1. The van der Waals surface area contributed by atoms with Crippen LogP contribution in [0.2, 0.25) is 5.02 Å². The minimum atomic E-state index is -2.03. The SMILES string of the molecule is Cc1cc(OC(=O)[C@@H]2CC(=O)N(c3ccc(Cl)cc3)C2)ccc1N1C(=O)[C@H]2[C@H](C1=O)[C@@]1(Cl)C(Cl)=C(Cl)[C@@]2(Cl)C1(Cl)Cl. The number of anilines is 2. The molecule has 2 heterocycles. The van der Waals surface area contributed by atoms with Gasteiger partial charge in [-0.2, -0.15) is 0 Å². The van der Waals surface area contributed by atoms with Crippen LogP contribution in [-0.4, -0.2) is 44.3 Å². The maximum Gasteiger partial charge on any atom is 0.316 e. The van der Waals surface area contributed by atoms with Crippen molar-refractivity contribution >= 4 is 116 Å². The van der Waals surface area contributed by atoms with Gasteiger partial charge in [-0.15, -0.1) is 23.2 Å². The summed E-state index contributed by atoms with van der Waals surface area (Å²) in [5, 5.41) is 0.177. The van der Waals surface area contributed by atoms with E-state index in [-0.39, 0.29) is 40.4 Å². The second-order valence-electron chi connectivity index (χ2n) is 10.3. The van der Waals surface area contributed by atoms with E-state index in [0.717, 1.165) is 4.90 Å². The average Bonchev–Trinajstić information content (AvgIpc) is 3.50. The molecule has 0 spiro atoms. The predicted octanol–water partition coefficient (Wildman–Crippen LogP) is 6.56. The van der Waals surface area contributed by atoms with E-state index in [4.69, 9.17) is 85.9 Å². The van der Waals surface area contributed by atoms with Crippen LogP contribution in [0.15, 0.2) is 52.5 Å². The number of alkyl halides is 4. The topological polar surface area (TPSA) is 84.0 Å². The van der Waals surface area contributed by atoms with Gasteiger partial charge in [0.1, 0.15) is 15.5 Å². The summed E-state index contributed by atoms with van der Waals surface area (Å²) in [7, 11) is 0. The number of carbonyl (C=O) groups excluding carboxylic acids is 4. The van der Waals surface area contributed by atoms with Gasteiger partial charge in [0.25, 0.3) is 0 Å². The molecular weight excluding hydrogens is 680 g/mol. The van der Waals surface area contributed by atoms with Crippen molar-refractivity contribution in [1.29, 1.82) is 0 Å². The maximum absolute atomic E-state index is 13.7. The Hall–Kier alpha value is -1.71. The zero-order chi connectivity index (χ0) is 29.8.